The Morgan fingerprint density at radius 2 is 2.15 bits per heavy atom. The van der Waals surface area contributed by atoms with E-state index in [1.807, 2.05) is 13.8 Å². The van der Waals surface area contributed by atoms with E-state index in [9.17, 15) is 9.90 Å². The number of phenolic OH excluding ortho intramolecular Hbond substituents is 1. The van der Waals surface area contributed by atoms with Crippen LogP contribution in [0.3, 0.4) is 0 Å². The molecule has 1 aromatic carbocycles. The summed E-state index contributed by atoms with van der Waals surface area (Å²) in [7, 11) is 0. The molecule has 1 heterocycles. The monoisotopic (exact) mass is 293 g/mol. The average Bonchev–Trinajstić information content (AvgIpc) is 2.68. The number of nitrogens with zero attached hydrogens (tertiary/aromatic N) is 2. The predicted octanol–water partition coefficient (Wildman–Crippen LogP) is 3.13. The Labute approximate surface area is 122 Å². The molecule has 1 aromatic heterocycles. The molecule has 0 unspecified atom stereocenters. The van der Waals surface area contributed by atoms with Crippen molar-refractivity contribution in [1.29, 1.82) is 0 Å². The first-order chi connectivity index (χ1) is 9.43. The number of carbonyl (C=O) groups is 1. The maximum absolute atomic E-state index is 12.3. The van der Waals surface area contributed by atoms with Crippen molar-refractivity contribution in [2.24, 2.45) is 0 Å². The number of aromatic nitrogens is 2. The normalized spacial score (nSPS) is 10.6. The lowest BCUT2D eigenvalue weighted by molar-refractivity contribution is 0.102. The maximum atomic E-state index is 12.3. The van der Waals surface area contributed by atoms with Crippen LogP contribution in [0.1, 0.15) is 28.7 Å². The summed E-state index contributed by atoms with van der Waals surface area (Å²) in [6.07, 6.45) is 0. The van der Waals surface area contributed by atoms with E-state index < -0.39 is 0 Å². The zero-order valence-corrected chi connectivity index (χ0v) is 12.3. The Morgan fingerprint density at radius 1 is 1.45 bits per heavy atom. The summed E-state index contributed by atoms with van der Waals surface area (Å²) in [5, 5.41) is 17.1. The minimum Gasteiger partial charge on any atom is -0.506 e. The van der Waals surface area contributed by atoms with Crippen molar-refractivity contribution in [3.8, 4) is 5.75 Å². The Bertz CT molecular complexity index is 665. The summed E-state index contributed by atoms with van der Waals surface area (Å²) < 4.78 is 1.77. The zero-order chi connectivity index (χ0) is 14.9. The van der Waals surface area contributed by atoms with Crippen LogP contribution in [0.15, 0.2) is 18.2 Å². The first-order valence-electron chi connectivity index (χ1n) is 6.28. The van der Waals surface area contributed by atoms with E-state index in [-0.39, 0.29) is 17.3 Å². The summed E-state index contributed by atoms with van der Waals surface area (Å²) in [4.78, 5) is 12.3. The highest BCUT2D eigenvalue weighted by Crippen LogP contribution is 2.27. The Kier molecular flexibility index (Phi) is 3.99. The molecule has 2 rings (SSSR count). The second-order valence-electron chi connectivity index (χ2n) is 4.48. The number of anilines is 1. The molecule has 0 bridgehead atoms. The number of hydrogen-bond donors (Lipinski definition) is 2. The first-order valence-corrected chi connectivity index (χ1v) is 6.65. The third-order valence-corrected chi connectivity index (χ3v) is 3.35. The number of phenols is 1. The van der Waals surface area contributed by atoms with Crippen LogP contribution < -0.4 is 5.32 Å². The second-order valence-corrected chi connectivity index (χ2v) is 4.91. The summed E-state index contributed by atoms with van der Waals surface area (Å²) in [6, 6.07) is 4.50. The molecule has 0 spiro atoms. The molecule has 20 heavy (non-hydrogen) atoms. The zero-order valence-electron chi connectivity index (χ0n) is 11.6. The third-order valence-electron chi connectivity index (χ3n) is 3.11. The molecule has 106 valence electrons. The van der Waals surface area contributed by atoms with E-state index in [0.717, 1.165) is 5.69 Å². The number of aryl methyl sites for hydroxylation is 2. The quantitative estimate of drug-likeness (QED) is 0.854. The Morgan fingerprint density at radius 3 is 2.75 bits per heavy atom. The van der Waals surface area contributed by atoms with Crippen molar-refractivity contribution in [2.45, 2.75) is 27.3 Å². The van der Waals surface area contributed by atoms with Gasteiger partial charge in [-0.05, 0) is 39.0 Å². The van der Waals surface area contributed by atoms with Gasteiger partial charge in [0.05, 0.1) is 16.9 Å². The molecular weight excluding hydrogens is 278 g/mol. The van der Waals surface area contributed by atoms with Gasteiger partial charge in [-0.3, -0.25) is 9.48 Å². The number of carbonyl (C=O) groups excluding carboxylic acids is 1. The molecule has 0 saturated carbocycles. The molecule has 1 amide bonds. The van der Waals surface area contributed by atoms with Gasteiger partial charge in [0.15, 0.2) is 0 Å². The fourth-order valence-corrected chi connectivity index (χ4v) is 2.30. The number of halogens is 1. The van der Waals surface area contributed by atoms with Gasteiger partial charge >= 0.3 is 0 Å². The van der Waals surface area contributed by atoms with E-state index in [1.165, 1.54) is 12.1 Å². The molecule has 6 heteroatoms. The minimum absolute atomic E-state index is 0.0269. The topological polar surface area (TPSA) is 67.2 Å². The molecule has 0 aliphatic rings. The van der Waals surface area contributed by atoms with Crippen molar-refractivity contribution >= 4 is 23.2 Å². The van der Waals surface area contributed by atoms with Crippen LogP contribution in [0.25, 0.3) is 0 Å². The van der Waals surface area contributed by atoms with Crippen LogP contribution >= 0.6 is 11.6 Å². The maximum Gasteiger partial charge on any atom is 0.259 e. The number of benzene rings is 1. The molecule has 0 aliphatic heterocycles. The highest BCUT2D eigenvalue weighted by molar-refractivity contribution is 6.31. The van der Waals surface area contributed by atoms with Crippen molar-refractivity contribution in [3.05, 3.63) is 40.2 Å². The van der Waals surface area contributed by atoms with Crippen molar-refractivity contribution in [1.82, 2.24) is 9.78 Å². The van der Waals surface area contributed by atoms with Gasteiger partial charge < -0.3 is 10.4 Å². The van der Waals surface area contributed by atoms with Gasteiger partial charge in [0.1, 0.15) is 5.75 Å². The van der Waals surface area contributed by atoms with E-state index >= 15 is 0 Å². The van der Waals surface area contributed by atoms with Gasteiger partial charge in [-0.15, -0.1) is 0 Å². The van der Waals surface area contributed by atoms with Gasteiger partial charge in [0.2, 0.25) is 0 Å². The highest BCUT2D eigenvalue weighted by atomic mass is 35.5. The van der Waals surface area contributed by atoms with Crippen molar-refractivity contribution in [3.63, 3.8) is 0 Å². The van der Waals surface area contributed by atoms with Crippen LogP contribution in [0, 0.1) is 13.8 Å². The SMILES string of the molecule is CCn1nc(C)c(C(=O)Nc2cc(Cl)ccc2O)c1C. The summed E-state index contributed by atoms with van der Waals surface area (Å²) in [5.41, 5.74) is 2.25. The van der Waals surface area contributed by atoms with E-state index in [4.69, 9.17) is 11.6 Å². The average molecular weight is 294 g/mol. The second kappa shape index (κ2) is 5.54. The smallest absolute Gasteiger partial charge is 0.259 e. The molecular formula is C14H16ClN3O2. The largest absolute Gasteiger partial charge is 0.506 e. The van der Waals surface area contributed by atoms with Crippen LogP contribution in [0.2, 0.25) is 5.02 Å². The van der Waals surface area contributed by atoms with Gasteiger partial charge in [-0.25, -0.2) is 0 Å². The molecule has 2 N–H and O–H groups in total. The highest BCUT2D eigenvalue weighted by Gasteiger charge is 2.19. The summed E-state index contributed by atoms with van der Waals surface area (Å²) >= 11 is 5.86. The number of nitrogens with one attached hydrogen (secondary N) is 1. The molecule has 0 fully saturated rings. The molecule has 0 radical (unpaired) electrons. The molecule has 2 aromatic rings. The van der Waals surface area contributed by atoms with E-state index in [2.05, 4.69) is 10.4 Å². The van der Waals surface area contributed by atoms with Crippen LogP contribution in [0.5, 0.6) is 5.75 Å². The lowest BCUT2D eigenvalue weighted by Crippen LogP contribution is -2.14. The van der Waals surface area contributed by atoms with Gasteiger partial charge in [-0.1, -0.05) is 11.6 Å². The lowest BCUT2D eigenvalue weighted by Gasteiger charge is -2.08. The molecule has 0 aliphatic carbocycles. The molecule has 5 nitrogen and oxygen atoms in total. The van der Waals surface area contributed by atoms with E-state index in [1.54, 1.807) is 17.7 Å². The van der Waals surface area contributed by atoms with Crippen molar-refractivity contribution < 1.29 is 9.90 Å². The van der Waals surface area contributed by atoms with Crippen LogP contribution in [-0.4, -0.2) is 20.8 Å². The van der Waals surface area contributed by atoms with Gasteiger partial charge in [0.25, 0.3) is 5.91 Å². The number of aromatic hydroxyl groups is 1. The molecule has 0 atom stereocenters. The Hall–Kier alpha value is -2.01. The van der Waals surface area contributed by atoms with Gasteiger partial charge in [-0.2, -0.15) is 5.10 Å². The van der Waals surface area contributed by atoms with Crippen LogP contribution in [-0.2, 0) is 6.54 Å². The van der Waals surface area contributed by atoms with Crippen molar-refractivity contribution in [2.75, 3.05) is 5.32 Å². The lowest BCUT2D eigenvalue weighted by atomic mass is 10.1. The Balaban J connectivity index is 2.33. The number of hydrogen-bond acceptors (Lipinski definition) is 3. The summed E-state index contributed by atoms with van der Waals surface area (Å²) in [6.45, 7) is 6.29. The number of rotatable bonds is 3. The summed E-state index contributed by atoms with van der Waals surface area (Å²) in [5.74, 6) is -0.335. The fourth-order valence-electron chi connectivity index (χ4n) is 2.13. The van der Waals surface area contributed by atoms with Crippen LogP contribution in [0.4, 0.5) is 5.69 Å². The minimum atomic E-state index is -0.308. The number of amides is 1. The standard InChI is InChI=1S/C14H16ClN3O2/c1-4-18-9(3)13(8(2)17-18)14(20)16-11-7-10(15)5-6-12(11)19/h5-7,19H,4H2,1-3H3,(H,16,20). The fraction of sp³-hybridized carbons (Fsp3) is 0.286. The molecule has 0 saturated heterocycles. The third kappa shape index (κ3) is 2.63. The van der Waals surface area contributed by atoms with Gasteiger partial charge in [0, 0.05) is 17.3 Å². The predicted molar refractivity (Wildman–Crippen MR) is 78.4 cm³/mol. The first kappa shape index (κ1) is 14.4. The van der Waals surface area contributed by atoms with E-state index in [0.29, 0.717) is 22.8 Å².